The first-order valence-electron chi connectivity index (χ1n) is 8.61. The highest BCUT2D eigenvalue weighted by Crippen LogP contribution is 2.33. The van der Waals surface area contributed by atoms with Gasteiger partial charge in [-0.25, -0.2) is 14.8 Å². The maximum atomic E-state index is 11.9. The second-order valence-electron chi connectivity index (χ2n) is 6.37. The third-order valence-corrected chi connectivity index (χ3v) is 5.75. The molecule has 29 heavy (non-hydrogen) atoms. The Kier molecular flexibility index (Phi) is 4.99. The van der Waals surface area contributed by atoms with Crippen molar-refractivity contribution in [2.75, 3.05) is 0 Å². The lowest BCUT2D eigenvalue weighted by atomic mass is 10.1. The quantitative estimate of drug-likeness (QED) is 0.545. The van der Waals surface area contributed by atoms with Crippen LogP contribution in [0, 0.1) is 3.95 Å². The number of para-hydroxylation sites is 2. The number of phenols is 1. The fourth-order valence-electron chi connectivity index (χ4n) is 3.01. The van der Waals surface area contributed by atoms with E-state index >= 15 is 0 Å². The molecule has 2 heterocycles. The summed E-state index contributed by atoms with van der Waals surface area (Å²) in [6.45, 7) is 0. The van der Waals surface area contributed by atoms with Gasteiger partial charge in [-0.2, -0.15) is 0 Å². The Bertz CT molecular complexity index is 1270. The molecule has 1 unspecified atom stereocenters. The summed E-state index contributed by atoms with van der Waals surface area (Å²) in [4.78, 5) is 21.1. The maximum Gasteiger partial charge on any atom is 0.327 e. The van der Waals surface area contributed by atoms with E-state index < -0.39 is 12.0 Å². The molecule has 4 rings (SSSR count). The molecule has 1 aromatic heterocycles. The summed E-state index contributed by atoms with van der Waals surface area (Å²) < 4.78 is 1.46. The average Bonchev–Trinajstić information content (AvgIpc) is 3.21. The number of hydrogen-bond acceptors (Lipinski definition) is 7. The molecule has 0 saturated heterocycles. The molecule has 0 aliphatic carbocycles. The number of carbonyl (C=O) groups is 1. The van der Waals surface area contributed by atoms with Gasteiger partial charge < -0.3 is 15.3 Å². The standard InChI is InChI=1S/C20H15N3O4S2/c24-12-7-5-11(6-8-12)9-15(19(26)27)23-18(25)16(29-20(23)28)10-17-21-13-3-1-2-4-14(13)22-17/h1-8,10,15,24-25H,9H2,(H,26,27). The number of carboxylic acids is 1. The van der Waals surface area contributed by atoms with Crippen molar-refractivity contribution in [2.24, 2.45) is 9.98 Å². The molecule has 146 valence electrons. The van der Waals surface area contributed by atoms with Crippen molar-refractivity contribution >= 4 is 35.6 Å². The Morgan fingerprint density at radius 3 is 2.31 bits per heavy atom. The van der Waals surface area contributed by atoms with Crippen molar-refractivity contribution in [3.63, 3.8) is 0 Å². The summed E-state index contributed by atoms with van der Waals surface area (Å²) in [5.41, 5.74) is 0.693. The number of nitrogens with zero attached hydrogens (tertiary/aromatic N) is 3. The Morgan fingerprint density at radius 1 is 1.10 bits per heavy atom. The third-order valence-electron chi connectivity index (χ3n) is 4.42. The predicted octanol–water partition coefficient (Wildman–Crippen LogP) is 2.81. The largest absolute Gasteiger partial charge is 0.508 e. The molecule has 9 heteroatoms. The van der Waals surface area contributed by atoms with Crippen molar-refractivity contribution in [1.29, 1.82) is 0 Å². The zero-order valence-electron chi connectivity index (χ0n) is 14.9. The summed E-state index contributed by atoms with van der Waals surface area (Å²) in [7, 11) is 0. The number of fused-ring (bicyclic) bond motifs is 1. The normalized spacial score (nSPS) is 13.3. The van der Waals surface area contributed by atoms with Crippen LogP contribution < -0.4 is 10.7 Å². The van der Waals surface area contributed by atoms with Gasteiger partial charge in [0.2, 0.25) is 5.88 Å². The smallest absolute Gasteiger partial charge is 0.327 e. The molecule has 0 saturated carbocycles. The topological polar surface area (TPSA) is 107 Å². The minimum atomic E-state index is -1.12. The average molecular weight is 425 g/mol. The van der Waals surface area contributed by atoms with Gasteiger partial charge in [-0.1, -0.05) is 24.3 Å². The van der Waals surface area contributed by atoms with Gasteiger partial charge in [0.15, 0.2) is 9.78 Å². The van der Waals surface area contributed by atoms with Crippen LogP contribution in [0.4, 0.5) is 0 Å². The van der Waals surface area contributed by atoms with Crippen LogP contribution in [0.15, 0.2) is 64.3 Å². The van der Waals surface area contributed by atoms with Crippen LogP contribution in [0.5, 0.6) is 11.6 Å². The summed E-state index contributed by atoms with van der Waals surface area (Å²) >= 11 is 6.42. The van der Waals surface area contributed by atoms with E-state index in [0.29, 0.717) is 16.3 Å². The predicted molar refractivity (Wildman–Crippen MR) is 110 cm³/mol. The first-order valence-corrected chi connectivity index (χ1v) is 9.84. The number of hydrogen-bond donors (Lipinski definition) is 3. The lowest BCUT2D eigenvalue weighted by Gasteiger charge is -2.15. The maximum absolute atomic E-state index is 11.9. The molecule has 0 fully saturated rings. The summed E-state index contributed by atoms with van der Waals surface area (Å²) in [5.74, 6) is -0.853. The Labute approximate surface area is 173 Å². The van der Waals surface area contributed by atoms with E-state index in [0.717, 1.165) is 22.1 Å². The van der Waals surface area contributed by atoms with Crippen LogP contribution in [-0.2, 0) is 11.2 Å². The van der Waals surface area contributed by atoms with Gasteiger partial charge in [-0.15, -0.1) is 11.3 Å². The number of aromatic hydroxyl groups is 2. The molecule has 0 amide bonds. The molecule has 0 radical (unpaired) electrons. The minimum Gasteiger partial charge on any atom is -0.508 e. The van der Waals surface area contributed by atoms with E-state index in [4.69, 9.17) is 12.2 Å². The summed E-state index contributed by atoms with van der Waals surface area (Å²) in [5, 5.41) is 31.3. The highest BCUT2D eigenvalue weighted by Gasteiger charge is 2.26. The third kappa shape index (κ3) is 3.82. The molecule has 1 aliphatic rings. The van der Waals surface area contributed by atoms with E-state index in [-0.39, 0.29) is 22.0 Å². The number of aliphatic carboxylic acids is 1. The zero-order valence-corrected chi connectivity index (χ0v) is 16.5. The first-order chi connectivity index (χ1) is 13.9. The van der Waals surface area contributed by atoms with Crippen LogP contribution in [0.1, 0.15) is 16.5 Å². The van der Waals surface area contributed by atoms with E-state index in [9.17, 15) is 20.1 Å². The number of benzene rings is 2. The second-order valence-corrected chi connectivity index (χ2v) is 8.04. The molecule has 0 spiro atoms. The van der Waals surface area contributed by atoms with Gasteiger partial charge in [0.25, 0.3) is 0 Å². The Morgan fingerprint density at radius 2 is 1.72 bits per heavy atom. The van der Waals surface area contributed by atoms with Crippen molar-refractivity contribution in [3.8, 4) is 11.6 Å². The molecular weight excluding hydrogens is 410 g/mol. The van der Waals surface area contributed by atoms with E-state index in [1.807, 2.05) is 24.3 Å². The molecule has 0 bridgehead atoms. The zero-order chi connectivity index (χ0) is 20.5. The van der Waals surface area contributed by atoms with Gasteiger partial charge in [0, 0.05) is 12.5 Å². The van der Waals surface area contributed by atoms with Gasteiger partial charge in [-0.3, -0.25) is 4.57 Å². The Balaban J connectivity index is 1.71. The van der Waals surface area contributed by atoms with Crippen LogP contribution in [0.25, 0.3) is 6.08 Å². The minimum absolute atomic E-state index is 0.0922. The second kappa shape index (κ2) is 7.61. The van der Waals surface area contributed by atoms with Crippen LogP contribution in [-0.4, -0.2) is 25.9 Å². The SMILES string of the molecule is O=C(O)C(Cc1ccc(O)cc1)n1c(O)c(C=C2N=c3ccccc3=N2)sc1=S. The van der Waals surface area contributed by atoms with E-state index in [1.165, 1.54) is 16.7 Å². The lowest BCUT2D eigenvalue weighted by molar-refractivity contribution is -0.141. The summed E-state index contributed by atoms with van der Waals surface area (Å²) in [6, 6.07) is 12.5. The molecule has 2 aromatic carbocycles. The van der Waals surface area contributed by atoms with Crippen LogP contribution in [0.2, 0.25) is 0 Å². The van der Waals surface area contributed by atoms with Crippen molar-refractivity contribution < 1.29 is 20.1 Å². The molecule has 1 atom stereocenters. The fraction of sp³-hybridized carbons (Fsp3) is 0.100. The molecule has 3 N–H and O–H groups in total. The van der Waals surface area contributed by atoms with Crippen molar-refractivity contribution in [2.45, 2.75) is 12.5 Å². The van der Waals surface area contributed by atoms with Gasteiger partial charge in [0.1, 0.15) is 11.8 Å². The molecular formula is C20H15N3O4S2. The molecule has 1 aliphatic heterocycles. The monoisotopic (exact) mass is 425 g/mol. The molecule has 7 nitrogen and oxygen atoms in total. The number of aromatic nitrogens is 1. The Hall–Kier alpha value is -3.30. The van der Waals surface area contributed by atoms with E-state index in [1.54, 1.807) is 18.2 Å². The molecule has 3 aromatic rings. The first kappa shape index (κ1) is 19.0. The summed E-state index contributed by atoms with van der Waals surface area (Å²) in [6.07, 6.45) is 1.69. The fourth-order valence-corrected chi connectivity index (χ4v) is 4.35. The van der Waals surface area contributed by atoms with Crippen molar-refractivity contribution in [3.05, 3.63) is 79.5 Å². The van der Waals surface area contributed by atoms with Crippen LogP contribution in [0.3, 0.4) is 0 Å². The number of rotatable bonds is 5. The number of carboxylic acid groups (broad SMARTS) is 1. The highest BCUT2D eigenvalue weighted by atomic mass is 32.1. The van der Waals surface area contributed by atoms with Crippen molar-refractivity contribution in [1.82, 2.24) is 4.57 Å². The van der Waals surface area contributed by atoms with Crippen LogP contribution >= 0.6 is 23.6 Å². The van der Waals surface area contributed by atoms with Gasteiger partial charge in [-0.05, 0) is 42.0 Å². The number of thiazole rings is 1. The lowest BCUT2D eigenvalue weighted by Crippen LogP contribution is -2.21. The van der Waals surface area contributed by atoms with Gasteiger partial charge in [0.05, 0.1) is 15.6 Å². The number of phenolic OH excluding ortho intramolecular Hbond substituents is 1. The highest BCUT2D eigenvalue weighted by molar-refractivity contribution is 7.73. The van der Waals surface area contributed by atoms with Gasteiger partial charge >= 0.3 is 5.97 Å². The van der Waals surface area contributed by atoms with E-state index in [2.05, 4.69) is 9.98 Å².